The summed E-state index contributed by atoms with van der Waals surface area (Å²) in [6.45, 7) is 5.23. The van der Waals surface area contributed by atoms with Crippen molar-refractivity contribution in [2.24, 2.45) is 17.8 Å². The van der Waals surface area contributed by atoms with E-state index >= 15 is 0 Å². The maximum Gasteiger partial charge on any atom is 0.228 e. The van der Waals surface area contributed by atoms with Gasteiger partial charge in [0.1, 0.15) is 0 Å². The van der Waals surface area contributed by atoms with Gasteiger partial charge in [-0.15, -0.1) is 0 Å². The number of hydrogen-bond donors (Lipinski definition) is 2. The number of hydrogen-bond acceptors (Lipinski definition) is 2. The van der Waals surface area contributed by atoms with Crippen molar-refractivity contribution in [3.63, 3.8) is 0 Å². The summed E-state index contributed by atoms with van der Waals surface area (Å²) < 4.78 is 0. The van der Waals surface area contributed by atoms with Gasteiger partial charge in [0.25, 0.3) is 0 Å². The lowest BCUT2D eigenvalue weighted by atomic mass is 10.1. The SMILES string of the molecule is CCNC(C)c1ccc(NC(=O)C2C3CCCC32)cc1. The summed E-state index contributed by atoms with van der Waals surface area (Å²) in [5.41, 5.74) is 2.18. The van der Waals surface area contributed by atoms with Crippen molar-refractivity contribution in [1.82, 2.24) is 5.32 Å². The molecule has 3 heteroatoms. The van der Waals surface area contributed by atoms with E-state index in [2.05, 4.69) is 36.6 Å². The van der Waals surface area contributed by atoms with Gasteiger partial charge in [0, 0.05) is 17.6 Å². The Bertz CT molecular complexity index is 472. The maximum absolute atomic E-state index is 12.2. The summed E-state index contributed by atoms with van der Waals surface area (Å²) in [7, 11) is 0. The number of anilines is 1. The molecule has 0 heterocycles. The van der Waals surface area contributed by atoms with Crippen LogP contribution in [0.3, 0.4) is 0 Å². The second-order valence-electron chi connectivity index (χ2n) is 6.18. The van der Waals surface area contributed by atoms with Crippen LogP contribution >= 0.6 is 0 Å². The van der Waals surface area contributed by atoms with Gasteiger partial charge in [-0.2, -0.15) is 0 Å². The van der Waals surface area contributed by atoms with E-state index in [0.29, 0.717) is 23.8 Å². The van der Waals surface area contributed by atoms with Crippen molar-refractivity contribution in [1.29, 1.82) is 0 Å². The van der Waals surface area contributed by atoms with Gasteiger partial charge in [0.05, 0.1) is 0 Å². The van der Waals surface area contributed by atoms with Crippen LogP contribution in [0.2, 0.25) is 0 Å². The lowest BCUT2D eigenvalue weighted by Crippen LogP contribution is -2.18. The van der Waals surface area contributed by atoms with Crippen molar-refractivity contribution in [3.05, 3.63) is 29.8 Å². The van der Waals surface area contributed by atoms with Crippen molar-refractivity contribution in [3.8, 4) is 0 Å². The van der Waals surface area contributed by atoms with Gasteiger partial charge in [-0.3, -0.25) is 4.79 Å². The molecule has 0 spiro atoms. The van der Waals surface area contributed by atoms with Crippen LogP contribution in [0.1, 0.15) is 44.7 Å². The lowest BCUT2D eigenvalue weighted by Gasteiger charge is -2.13. The first-order chi connectivity index (χ1) is 9.70. The first-order valence-electron chi connectivity index (χ1n) is 7.85. The Morgan fingerprint density at radius 1 is 1.25 bits per heavy atom. The van der Waals surface area contributed by atoms with Gasteiger partial charge in [0.2, 0.25) is 5.91 Å². The predicted octanol–water partition coefficient (Wildman–Crippen LogP) is 3.34. The summed E-state index contributed by atoms with van der Waals surface area (Å²) in [6, 6.07) is 8.57. The van der Waals surface area contributed by atoms with Crippen LogP contribution in [0.5, 0.6) is 0 Å². The van der Waals surface area contributed by atoms with E-state index < -0.39 is 0 Å². The average Bonchev–Trinajstić information content (AvgIpc) is 2.94. The Morgan fingerprint density at radius 2 is 1.90 bits per heavy atom. The van der Waals surface area contributed by atoms with Gasteiger partial charge in [-0.05, 0) is 55.8 Å². The van der Waals surface area contributed by atoms with E-state index in [9.17, 15) is 4.79 Å². The highest BCUT2D eigenvalue weighted by molar-refractivity contribution is 5.95. The normalized spacial score (nSPS) is 28.8. The summed E-state index contributed by atoms with van der Waals surface area (Å²) in [6.07, 6.45) is 3.82. The fourth-order valence-electron chi connectivity index (χ4n) is 3.72. The van der Waals surface area contributed by atoms with Gasteiger partial charge >= 0.3 is 0 Å². The topological polar surface area (TPSA) is 41.1 Å². The molecule has 0 saturated heterocycles. The number of amides is 1. The largest absolute Gasteiger partial charge is 0.326 e. The molecular formula is C17H24N2O. The average molecular weight is 272 g/mol. The van der Waals surface area contributed by atoms with E-state index in [-0.39, 0.29) is 5.91 Å². The Hall–Kier alpha value is -1.35. The van der Waals surface area contributed by atoms with Crippen LogP contribution < -0.4 is 10.6 Å². The second-order valence-corrected chi connectivity index (χ2v) is 6.18. The van der Waals surface area contributed by atoms with Crippen molar-refractivity contribution in [2.75, 3.05) is 11.9 Å². The molecule has 1 amide bonds. The molecule has 1 aromatic carbocycles. The third-order valence-electron chi connectivity index (χ3n) is 4.90. The molecule has 0 aliphatic heterocycles. The van der Waals surface area contributed by atoms with Gasteiger partial charge in [-0.1, -0.05) is 25.5 Å². The molecule has 2 fully saturated rings. The fourth-order valence-corrected chi connectivity index (χ4v) is 3.72. The van der Waals surface area contributed by atoms with E-state index in [0.717, 1.165) is 12.2 Å². The Labute approximate surface area is 121 Å². The lowest BCUT2D eigenvalue weighted by molar-refractivity contribution is -0.118. The standard InChI is InChI=1S/C17H24N2O/c1-3-18-11(2)12-7-9-13(10-8-12)19-17(20)16-14-5-4-6-15(14)16/h7-11,14-16,18H,3-6H2,1-2H3,(H,19,20). The molecule has 0 bridgehead atoms. The van der Waals surface area contributed by atoms with Crippen molar-refractivity contribution < 1.29 is 4.79 Å². The van der Waals surface area contributed by atoms with Crippen LogP contribution in [0.25, 0.3) is 0 Å². The van der Waals surface area contributed by atoms with Crippen molar-refractivity contribution in [2.45, 2.75) is 39.2 Å². The van der Waals surface area contributed by atoms with Gasteiger partial charge < -0.3 is 10.6 Å². The van der Waals surface area contributed by atoms with Crippen LogP contribution in [-0.2, 0) is 4.79 Å². The third-order valence-corrected chi connectivity index (χ3v) is 4.90. The highest BCUT2D eigenvalue weighted by Crippen LogP contribution is 2.57. The van der Waals surface area contributed by atoms with Gasteiger partial charge in [-0.25, -0.2) is 0 Å². The van der Waals surface area contributed by atoms with E-state index in [1.165, 1.54) is 24.8 Å². The highest BCUT2D eigenvalue weighted by atomic mass is 16.2. The van der Waals surface area contributed by atoms with Crippen LogP contribution in [0.15, 0.2) is 24.3 Å². The summed E-state index contributed by atoms with van der Waals surface area (Å²) in [4.78, 5) is 12.2. The molecule has 108 valence electrons. The Morgan fingerprint density at radius 3 is 2.50 bits per heavy atom. The Balaban J connectivity index is 1.57. The maximum atomic E-state index is 12.2. The first kappa shape index (κ1) is 13.6. The zero-order chi connectivity index (χ0) is 14.1. The molecule has 3 atom stereocenters. The van der Waals surface area contributed by atoms with Crippen molar-refractivity contribution >= 4 is 11.6 Å². The number of rotatable bonds is 5. The predicted molar refractivity (Wildman–Crippen MR) is 81.5 cm³/mol. The number of nitrogens with one attached hydrogen (secondary N) is 2. The van der Waals surface area contributed by atoms with Crippen LogP contribution in [0, 0.1) is 17.8 Å². The second kappa shape index (κ2) is 5.57. The minimum atomic E-state index is 0.229. The van der Waals surface area contributed by atoms with E-state index in [4.69, 9.17) is 0 Å². The molecular weight excluding hydrogens is 248 g/mol. The third kappa shape index (κ3) is 2.59. The van der Waals surface area contributed by atoms with E-state index in [1.807, 2.05) is 12.1 Å². The zero-order valence-electron chi connectivity index (χ0n) is 12.4. The molecule has 2 saturated carbocycles. The molecule has 3 unspecified atom stereocenters. The number of carbonyl (C=O) groups excluding carboxylic acids is 1. The zero-order valence-corrected chi connectivity index (χ0v) is 12.4. The molecule has 2 N–H and O–H groups in total. The number of fused-ring (bicyclic) bond motifs is 1. The molecule has 3 rings (SSSR count). The fraction of sp³-hybridized carbons (Fsp3) is 0.588. The first-order valence-corrected chi connectivity index (χ1v) is 7.85. The Kier molecular flexibility index (Phi) is 3.79. The van der Waals surface area contributed by atoms with E-state index in [1.54, 1.807) is 0 Å². The monoisotopic (exact) mass is 272 g/mol. The summed E-state index contributed by atoms with van der Waals surface area (Å²) in [5.74, 6) is 1.89. The summed E-state index contributed by atoms with van der Waals surface area (Å²) >= 11 is 0. The molecule has 2 aliphatic carbocycles. The quantitative estimate of drug-likeness (QED) is 0.863. The molecule has 3 nitrogen and oxygen atoms in total. The van der Waals surface area contributed by atoms with Gasteiger partial charge in [0.15, 0.2) is 0 Å². The molecule has 0 aromatic heterocycles. The van der Waals surface area contributed by atoms with Crippen LogP contribution in [-0.4, -0.2) is 12.5 Å². The van der Waals surface area contributed by atoms with Crippen LogP contribution in [0.4, 0.5) is 5.69 Å². The highest BCUT2D eigenvalue weighted by Gasteiger charge is 2.56. The minimum Gasteiger partial charge on any atom is -0.326 e. The smallest absolute Gasteiger partial charge is 0.228 e. The molecule has 1 aromatic rings. The summed E-state index contributed by atoms with van der Waals surface area (Å²) in [5, 5.41) is 6.46. The molecule has 2 aliphatic rings. The molecule has 0 radical (unpaired) electrons. The minimum absolute atomic E-state index is 0.229. The number of benzene rings is 1. The number of carbonyl (C=O) groups is 1. The molecule has 20 heavy (non-hydrogen) atoms.